The fourth-order valence-electron chi connectivity index (χ4n) is 4.07. The summed E-state index contributed by atoms with van der Waals surface area (Å²) in [5.74, 6) is 0.758. The third-order valence-corrected chi connectivity index (χ3v) is 5.51. The van der Waals surface area contributed by atoms with E-state index in [1.807, 2.05) is 30.3 Å². The van der Waals surface area contributed by atoms with Crippen LogP contribution in [0, 0.1) is 5.92 Å². The predicted octanol–water partition coefficient (Wildman–Crippen LogP) is 2.49. The highest BCUT2D eigenvalue weighted by Crippen LogP contribution is 2.33. The van der Waals surface area contributed by atoms with Gasteiger partial charge in [-0.1, -0.05) is 43.2 Å². The zero-order valence-electron chi connectivity index (χ0n) is 15.4. The molecule has 5 nitrogen and oxygen atoms in total. The van der Waals surface area contributed by atoms with Crippen LogP contribution in [0.1, 0.15) is 44.1 Å². The van der Waals surface area contributed by atoms with Crippen molar-refractivity contribution in [1.29, 1.82) is 0 Å². The lowest BCUT2D eigenvalue weighted by molar-refractivity contribution is -0.130. The first-order valence-corrected chi connectivity index (χ1v) is 9.45. The molecule has 144 valence electrons. The van der Waals surface area contributed by atoms with Crippen molar-refractivity contribution in [2.24, 2.45) is 5.92 Å². The van der Waals surface area contributed by atoms with E-state index in [0.717, 1.165) is 12.0 Å². The molecule has 26 heavy (non-hydrogen) atoms. The highest BCUT2D eigenvalue weighted by molar-refractivity contribution is 5.85. The van der Waals surface area contributed by atoms with Crippen LogP contribution in [0.15, 0.2) is 30.3 Å². The predicted molar refractivity (Wildman–Crippen MR) is 105 cm³/mol. The van der Waals surface area contributed by atoms with Crippen LogP contribution >= 0.6 is 12.4 Å². The molecule has 1 aromatic rings. The molecule has 3 atom stereocenters. The maximum Gasteiger partial charge on any atom is 0.237 e. The number of halogens is 1. The normalized spacial score (nSPS) is 24.3. The first-order valence-electron chi connectivity index (χ1n) is 9.45. The van der Waals surface area contributed by atoms with Crippen LogP contribution in [-0.2, 0) is 16.1 Å². The molecule has 1 aliphatic carbocycles. The molecule has 1 aromatic carbocycles. The molecule has 1 saturated heterocycles. The first kappa shape index (κ1) is 20.7. The molecule has 3 rings (SSSR count). The zero-order chi connectivity index (χ0) is 17.6. The van der Waals surface area contributed by atoms with Crippen LogP contribution in [-0.4, -0.2) is 42.4 Å². The summed E-state index contributed by atoms with van der Waals surface area (Å²) in [6, 6.07) is 10.4. The Labute approximate surface area is 162 Å². The molecule has 0 aromatic heterocycles. The molecule has 1 heterocycles. The van der Waals surface area contributed by atoms with Gasteiger partial charge in [0.1, 0.15) is 0 Å². The molecule has 2 N–H and O–H groups in total. The van der Waals surface area contributed by atoms with Crippen molar-refractivity contribution in [3.63, 3.8) is 0 Å². The molecule has 1 aliphatic heterocycles. The van der Waals surface area contributed by atoms with Gasteiger partial charge >= 0.3 is 0 Å². The largest absolute Gasteiger partial charge is 0.354 e. The van der Waals surface area contributed by atoms with Gasteiger partial charge in [0.2, 0.25) is 11.8 Å². The molecule has 0 radical (unpaired) electrons. The molecular weight excluding hydrogens is 350 g/mol. The second-order valence-electron chi connectivity index (χ2n) is 7.38. The van der Waals surface area contributed by atoms with Crippen LogP contribution < -0.4 is 10.6 Å². The number of nitrogens with one attached hydrogen (secondary N) is 2. The third kappa shape index (κ3) is 5.45. The minimum atomic E-state index is -0.0785. The standard InChI is InChI=1S/C20H29N3O2.ClH/c1-23(14-15-7-3-2-4-8-15)19(24)11-12-21-20(25)18-13-16-9-5-6-10-17(16)22-18;/h2-4,7-8,16-18,22H,5-6,9-14H2,1H3,(H,21,25);1H. The van der Waals surface area contributed by atoms with Crippen LogP contribution in [0.5, 0.6) is 0 Å². The van der Waals surface area contributed by atoms with Crippen molar-refractivity contribution in [1.82, 2.24) is 15.5 Å². The van der Waals surface area contributed by atoms with E-state index >= 15 is 0 Å². The van der Waals surface area contributed by atoms with Crippen molar-refractivity contribution in [2.45, 2.75) is 57.2 Å². The molecule has 2 fully saturated rings. The van der Waals surface area contributed by atoms with Crippen LogP contribution in [0.4, 0.5) is 0 Å². The van der Waals surface area contributed by atoms with Gasteiger partial charge in [0.25, 0.3) is 0 Å². The lowest BCUT2D eigenvalue weighted by Crippen LogP contribution is -2.44. The van der Waals surface area contributed by atoms with Crippen molar-refractivity contribution < 1.29 is 9.59 Å². The van der Waals surface area contributed by atoms with Gasteiger partial charge in [-0.05, 0) is 30.7 Å². The summed E-state index contributed by atoms with van der Waals surface area (Å²) in [6.45, 7) is 1.01. The van der Waals surface area contributed by atoms with Crippen molar-refractivity contribution in [2.75, 3.05) is 13.6 Å². The van der Waals surface area contributed by atoms with Crippen molar-refractivity contribution >= 4 is 24.2 Å². The molecule has 2 amide bonds. The third-order valence-electron chi connectivity index (χ3n) is 5.51. The molecular formula is C20H30ClN3O2. The second-order valence-corrected chi connectivity index (χ2v) is 7.38. The second kappa shape index (κ2) is 9.93. The molecule has 0 spiro atoms. The van der Waals surface area contributed by atoms with E-state index in [2.05, 4.69) is 10.6 Å². The summed E-state index contributed by atoms with van der Waals surface area (Å²) in [7, 11) is 1.81. The van der Waals surface area contributed by atoms with Crippen molar-refractivity contribution in [3.8, 4) is 0 Å². The van der Waals surface area contributed by atoms with Gasteiger partial charge in [-0.3, -0.25) is 9.59 Å². The number of carbonyl (C=O) groups excluding carboxylic acids is 2. The summed E-state index contributed by atoms with van der Waals surface area (Å²) in [4.78, 5) is 26.3. The number of fused-ring (bicyclic) bond motifs is 1. The summed E-state index contributed by atoms with van der Waals surface area (Å²) in [5, 5.41) is 6.41. The van der Waals surface area contributed by atoms with E-state index in [4.69, 9.17) is 0 Å². The average molecular weight is 380 g/mol. The maximum absolute atomic E-state index is 12.3. The Kier molecular flexibility index (Phi) is 7.91. The number of benzene rings is 1. The lowest BCUT2D eigenvalue weighted by atomic mass is 9.85. The number of nitrogens with zero attached hydrogens (tertiary/aromatic N) is 1. The fourth-order valence-corrected chi connectivity index (χ4v) is 4.07. The Balaban J connectivity index is 0.00000243. The van der Waals surface area contributed by atoms with Crippen LogP contribution in [0.25, 0.3) is 0 Å². The molecule has 6 heteroatoms. The SMILES string of the molecule is CN(Cc1ccccc1)C(=O)CCNC(=O)C1CC2CCCCC2N1.Cl. The molecule has 2 aliphatic rings. The summed E-state index contributed by atoms with van der Waals surface area (Å²) < 4.78 is 0. The van der Waals surface area contributed by atoms with Crippen LogP contribution in [0.2, 0.25) is 0 Å². The smallest absolute Gasteiger partial charge is 0.237 e. The number of carbonyl (C=O) groups is 2. The van der Waals surface area contributed by atoms with Gasteiger partial charge in [-0.15, -0.1) is 12.4 Å². The lowest BCUT2D eigenvalue weighted by Gasteiger charge is -2.24. The summed E-state index contributed by atoms with van der Waals surface area (Å²) >= 11 is 0. The Morgan fingerprint density at radius 1 is 1.19 bits per heavy atom. The van der Waals surface area contributed by atoms with E-state index in [-0.39, 0.29) is 30.3 Å². The number of rotatable bonds is 6. The summed E-state index contributed by atoms with van der Waals surface area (Å²) in [6.07, 6.45) is 6.28. The monoisotopic (exact) mass is 379 g/mol. The first-order chi connectivity index (χ1) is 12.1. The Bertz CT molecular complexity index is 582. The molecule has 1 saturated carbocycles. The minimum Gasteiger partial charge on any atom is -0.354 e. The average Bonchev–Trinajstić information content (AvgIpc) is 3.06. The highest BCUT2D eigenvalue weighted by Gasteiger charge is 2.37. The van der Waals surface area contributed by atoms with E-state index in [0.29, 0.717) is 31.5 Å². The molecule has 0 bridgehead atoms. The van der Waals surface area contributed by atoms with Gasteiger partial charge in [0, 0.05) is 32.6 Å². The number of amides is 2. The minimum absolute atomic E-state index is 0. The Morgan fingerprint density at radius 2 is 1.92 bits per heavy atom. The van der Waals surface area contributed by atoms with Gasteiger partial charge in [-0.25, -0.2) is 0 Å². The van der Waals surface area contributed by atoms with Crippen LogP contribution in [0.3, 0.4) is 0 Å². The van der Waals surface area contributed by atoms with Gasteiger partial charge in [0.15, 0.2) is 0 Å². The van der Waals surface area contributed by atoms with Crippen molar-refractivity contribution in [3.05, 3.63) is 35.9 Å². The highest BCUT2D eigenvalue weighted by atomic mass is 35.5. The fraction of sp³-hybridized carbons (Fsp3) is 0.600. The summed E-state index contributed by atoms with van der Waals surface area (Å²) in [5.41, 5.74) is 1.11. The zero-order valence-corrected chi connectivity index (χ0v) is 16.3. The van der Waals surface area contributed by atoms with Gasteiger partial charge in [0.05, 0.1) is 6.04 Å². The Hall–Kier alpha value is -1.59. The topological polar surface area (TPSA) is 61.4 Å². The Morgan fingerprint density at radius 3 is 2.65 bits per heavy atom. The maximum atomic E-state index is 12.3. The van der Waals surface area contributed by atoms with E-state index in [1.54, 1.807) is 11.9 Å². The number of hydrogen-bond acceptors (Lipinski definition) is 3. The van der Waals surface area contributed by atoms with Gasteiger partial charge < -0.3 is 15.5 Å². The van der Waals surface area contributed by atoms with Gasteiger partial charge in [-0.2, -0.15) is 0 Å². The number of hydrogen-bond donors (Lipinski definition) is 2. The van der Waals surface area contributed by atoms with E-state index < -0.39 is 0 Å². The quantitative estimate of drug-likeness (QED) is 0.798. The van der Waals surface area contributed by atoms with E-state index in [1.165, 1.54) is 25.7 Å². The molecule has 3 unspecified atom stereocenters. The van der Waals surface area contributed by atoms with E-state index in [9.17, 15) is 9.59 Å².